The van der Waals surface area contributed by atoms with Crippen molar-refractivity contribution in [3.63, 3.8) is 0 Å². The van der Waals surface area contributed by atoms with Gasteiger partial charge >= 0.3 is 0 Å². The molecular weight excluding hydrogens is 184 g/mol. The first-order valence-corrected chi connectivity index (χ1v) is 5.99. The average molecular weight is 204 g/mol. The molecule has 0 saturated heterocycles. The molecule has 1 atom stereocenters. The fourth-order valence-electron chi connectivity index (χ4n) is 1.90. The van der Waals surface area contributed by atoms with Gasteiger partial charge in [0.1, 0.15) is 0 Å². The summed E-state index contributed by atoms with van der Waals surface area (Å²) in [7, 11) is 0. The van der Waals surface area contributed by atoms with Crippen molar-refractivity contribution in [2.24, 2.45) is 11.7 Å². The Bertz CT molecular complexity index is 280. The SMILES string of the molecule is NC(CCc1cccnc1)CCC1CC1. The van der Waals surface area contributed by atoms with E-state index < -0.39 is 0 Å². The molecule has 1 saturated carbocycles. The molecule has 1 unspecified atom stereocenters. The third kappa shape index (κ3) is 4.00. The van der Waals surface area contributed by atoms with E-state index in [1.807, 2.05) is 18.5 Å². The Hall–Kier alpha value is -0.890. The van der Waals surface area contributed by atoms with E-state index in [1.165, 1.54) is 31.2 Å². The molecule has 2 heteroatoms. The molecule has 1 heterocycles. The number of nitrogens with zero attached hydrogens (tertiary/aromatic N) is 1. The van der Waals surface area contributed by atoms with E-state index in [0.29, 0.717) is 6.04 Å². The van der Waals surface area contributed by atoms with Gasteiger partial charge in [0.15, 0.2) is 0 Å². The maximum absolute atomic E-state index is 6.08. The summed E-state index contributed by atoms with van der Waals surface area (Å²) in [4.78, 5) is 4.11. The van der Waals surface area contributed by atoms with Crippen LogP contribution in [0.5, 0.6) is 0 Å². The summed E-state index contributed by atoms with van der Waals surface area (Å²) < 4.78 is 0. The van der Waals surface area contributed by atoms with Gasteiger partial charge in [0, 0.05) is 18.4 Å². The Morgan fingerprint density at radius 1 is 1.40 bits per heavy atom. The topological polar surface area (TPSA) is 38.9 Å². The molecule has 0 bridgehead atoms. The summed E-state index contributed by atoms with van der Waals surface area (Å²) in [5.41, 5.74) is 7.38. The van der Waals surface area contributed by atoms with Gasteiger partial charge in [-0.1, -0.05) is 18.9 Å². The molecule has 1 fully saturated rings. The first-order chi connectivity index (χ1) is 7.34. The summed E-state index contributed by atoms with van der Waals surface area (Å²) in [5.74, 6) is 1.01. The minimum absolute atomic E-state index is 0.380. The highest BCUT2D eigenvalue weighted by Gasteiger charge is 2.21. The maximum atomic E-state index is 6.08. The molecule has 2 nitrogen and oxygen atoms in total. The summed E-state index contributed by atoms with van der Waals surface area (Å²) in [5, 5.41) is 0. The van der Waals surface area contributed by atoms with Gasteiger partial charge in [0.25, 0.3) is 0 Å². The quantitative estimate of drug-likeness (QED) is 0.773. The summed E-state index contributed by atoms with van der Waals surface area (Å²) >= 11 is 0. The third-order valence-electron chi connectivity index (χ3n) is 3.17. The molecule has 2 rings (SSSR count). The zero-order chi connectivity index (χ0) is 10.5. The number of pyridine rings is 1. The van der Waals surface area contributed by atoms with Crippen LogP contribution in [0.2, 0.25) is 0 Å². The second kappa shape index (κ2) is 5.26. The van der Waals surface area contributed by atoms with Crippen LogP contribution in [-0.4, -0.2) is 11.0 Å². The standard InChI is InChI=1S/C13H20N2/c14-13(7-5-11-3-4-11)8-6-12-2-1-9-15-10-12/h1-2,9-11,13H,3-8,14H2. The fraction of sp³-hybridized carbons (Fsp3) is 0.615. The molecule has 0 aromatic carbocycles. The van der Waals surface area contributed by atoms with Gasteiger partial charge in [-0.05, 0) is 43.2 Å². The molecule has 15 heavy (non-hydrogen) atoms. The molecule has 1 aliphatic carbocycles. The van der Waals surface area contributed by atoms with Gasteiger partial charge in [-0.15, -0.1) is 0 Å². The van der Waals surface area contributed by atoms with Crippen molar-refractivity contribution in [3.8, 4) is 0 Å². The maximum Gasteiger partial charge on any atom is 0.0299 e. The monoisotopic (exact) mass is 204 g/mol. The molecule has 0 amide bonds. The van der Waals surface area contributed by atoms with Crippen LogP contribution < -0.4 is 5.73 Å². The molecule has 0 spiro atoms. The highest BCUT2D eigenvalue weighted by Crippen LogP contribution is 2.33. The Morgan fingerprint density at radius 2 is 2.27 bits per heavy atom. The lowest BCUT2D eigenvalue weighted by molar-refractivity contribution is 0.523. The van der Waals surface area contributed by atoms with Gasteiger partial charge in [-0.3, -0.25) is 4.98 Å². The molecule has 1 aromatic heterocycles. The number of aryl methyl sites for hydroxylation is 1. The third-order valence-corrected chi connectivity index (χ3v) is 3.17. The predicted octanol–water partition coefficient (Wildman–Crippen LogP) is 2.53. The summed E-state index contributed by atoms with van der Waals surface area (Å²) in [6.45, 7) is 0. The van der Waals surface area contributed by atoms with Crippen molar-refractivity contribution in [2.75, 3.05) is 0 Å². The van der Waals surface area contributed by atoms with Crippen LogP contribution in [-0.2, 0) is 6.42 Å². The number of hydrogen-bond acceptors (Lipinski definition) is 2. The molecule has 1 aromatic rings. The largest absolute Gasteiger partial charge is 0.328 e. The van der Waals surface area contributed by atoms with Crippen LogP contribution in [0.3, 0.4) is 0 Å². The van der Waals surface area contributed by atoms with Crippen LogP contribution in [0.15, 0.2) is 24.5 Å². The predicted molar refractivity (Wildman–Crippen MR) is 62.5 cm³/mol. The molecule has 1 aliphatic rings. The lowest BCUT2D eigenvalue weighted by Gasteiger charge is -2.10. The Labute approximate surface area is 91.9 Å². The average Bonchev–Trinajstić information content (AvgIpc) is 3.09. The minimum atomic E-state index is 0.380. The fourth-order valence-corrected chi connectivity index (χ4v) is 1.90. The first-order valence-electron chi connectivity index (χ1n) is 5.99. The van der Waals surface area contributed by atoms with E-state index >= 15 is 0 Å². The first kappa shape index (κ1) is 10.6. The molecule has 0 aliphatic heterocycles. The Balaban J connectivity index is 1.63. The van der Waals surface area contributed by atoms with Crippen molar-refractivity contribution >= 4 is 0 Å². The van der Waals surface area contributed by atoms with Crippen LogP contribution >= 0.6 is 0 Å². The number of nitrogens with two attached hydrogens (primary N) is 1. The van der Waals surface area contributed by atoms with E-state index in [9.17, 15) is 0 Å². The van der Waals surface area contributed by atoms with Crippen molar-refractivity contribution in [2.45, 2.75) is 44.6 Å². The van der Waals surface area contributed by atoms with Crippen LogP contribution in [0.4, 0.5) is 0 Å². The van der Waals surface area contributed by atoms with Gasteiger partial charge in [-0.2, -0.15) is 0 Å². The minimum Gasteiger partial charge on any atom is -0.328 e. The zero-order valence-electron chi connectivity index (χ0n) is 9.23. The van der Waals surface area contributed by atoms with Gasteiger partial charge in [0.2, 0.25) is 0 Å². The van der Waals surface area contributed by atoms with E-state index in [2.05, 4.69) is 11.1 Å². The molecule has 82 valence electrons. The highest BCUT2D eigenvalue weighted by atomic mass is 14.6. The second-order valence-electron chi connectivity index (χ2n) is 4.68. The zero-order valence-corrected chi connectivity index (χ0v) is 9.23. The van der Waals surface area contributed by atoms with E-state index in [-0.39, 0.29) is 0 Å². The molecular formula is C13H20N2. The highest BCUT2D eigenvalue weighted by molar-refractivity contribution is 5.08. The Kier molecular flexibility index (Phi) is 3.73. The van der Waals surface area contributed by atoms with Gasteiger partial charge in [0.05, 0.1) is 0 Å². The van der Waals surface area contributed by atoms with Crippen molar-refractivity contribution in [1.29, 1.82) is 0 Å². The molecule has 0 radical (unpaired) electrons. The van der Waals surface area contributed by atoms with Crippen molar-refractivity contribution < 1.29 is 0 Å². The van der Waals surface area contributed by atoms with Gasteiger partial charge in [-0.25, -0.2) is 0 Å². The van der Waals surface area contributed by atoms with E-state index in [0.717, 1.165) is 18.8 Å². The van der Waals surface area contributed by atoms with E-state index in [1.54, 1.807) is 0 Å². The lowest BCUT2D eigenvalue weighted by atomic mass is 10.0. The van der Waals surface area contributed by atoms with Gasteiger partial charge < -0.3 is 5.73 Å². The Morgan fingerprint density at radius 3 is 2.93 bits per heavy atom. The summed E-state index contributed by atoms with van der Waals surface area (Å²) in [6.07, 6.45) is 11.3. The van der Waals surface area contributed by atoms with E-state index in [4.69, 9.17) is 5.73 Å². The number of aromatic nitrogens is 1. The smallest absolute Gasteiger partial charge is 0.0299 e. The second-order valence-corrected chi connectivity index (χ2v) is 4.68. The summed E-state index contributed by atoms with van der Waals surface area (Å²) in [6, 6.07) is 4.50. The number of hydrogen-bond donors (Lipinski definition) is 1. The normalized spacial score (nSPS) is 17.7. The van der Waals surface area contributed by atoms with Crippen LogP contribution in [0.25, 0.3) is 0 Å². The van der Waals surface area contributed by atoms with Crippen LogP contribution in [0.1, 0.15) is 37.7 Å². The number of rotatable bonds is 6. The lowest BCUT2D eigenvalue weighted by Crippen LogP contribution is -2.20. The molecule has 2 N–H and O–H groups in total. The van der Waals surface area contributed by atoms with Crippen molar-refractivity contribution in [1.82, 2.24) is 4.98 Å². The van der Waals surface area contributed by atoms with Crippen LogP contribution in [0, 0.1) is 5.92 Å². The van der Waals surface area contributed by atoms with Crippen molar-refractivity contribution in [3.05, 3.63) is 30.1 Å².